The smallest absolute Gasteiger partial charge is 0.223 e. The van der Waals surface area contributed by atoms with Gasteiger partial charge in [-0.15, -0.1) is 0 Å². The molecule has 136 valence electrons. The molecule has 4 nitrogen and oxygen atoms in total. The Morgan fingerprint density at radius 1 is 0.893 bits per heavy atom. The lowest BCUT2D eigenvalue weighted by atomic mass is 10.0. The molecule has 1 aromatic heterocycles. The van der Waals surface area contributed by atoms with Gasteiger partial charge in [0.1, 0.15) is 5.82 Å². The molecule has 28 heavy (non-hydrogen) atoms. The van der Waals surface area contributed by atoms with Gasteiger partial charge in [0.15, 0.2) is 5.03 Å². The summed E-state index contributed by atoms with van der Waals surface area (Å²) in [6.07, 6.45) is 0. The van der Waals surface area contributed by atoms with Crippen LogP contribution in [0.1, 0.15) is 5.56 Å². The Bertz CT molecular complexity index is 1360. The number of sulfone groups is 1. The monoisotopic (exact) mass is 388 g/mol. The van der Waals surface area contributed by atoms with Gasteiger partial charge >= 0.3 is 0 Å². The minimum Gasteiger partial charge on any atom is -0.236 e. The van der Waals surface area contributed by atoms with Crippen molar-refractivity contribution < 1.29 is 12.8 Å². The lowest BCUT2D eigenvalue weighted by molar-refractivity contribution is 0.593. The highest BCUT2D eigenvalue weighted by atomic mass is 32.2. The average molecular weight is 388 g/mol. The molecule has 4 rings (SSSR count). The van der Waals surface area contributed by atoms with Crippen LogP contribution in [-0.2, 0) is 9.84 Å². The molecule has 0 amide bonds. The van der Waals surface area contributed by atoms with E-state index in [1.807, 2.05) is 18.2 Å². The van der Waals surface area contributed by atoms with Crippen molar-refractivity contribution in [2.75, 3.05) is 0 Å². The highest BCUT2D eigenvalue weighted by Gasteiger charge is 2.22. The Morgan fingerprint density at radius 3 is 2.46 bits per heavy atom. The van der Waals surface area contributed by atoms with E-state index in [0.717, 1.165) is 5.39 Å². The number of hydrogen-bond acceptors (Lipinski definition) is 4. The molecule has 0 saturated carbocycles. The molecule has 1 heterocycles. The van der Waals surface area contributed by atoms with Crippen LogP contribution < -0.4 is 0 Å². The van der Waals surface area contributed by atoms with Gasteiger partial charge in [-0.1, -0.05) is 36.4 Å². The van der Waals surface area contributed by atoms with Crippen LogP contribution in [0.5, 0.6) is 0 Å². The first kappa shape index (κ1) is 17.8. The summed E-state index contributed by atoms with van der Waals surface area (Å²) in [6.45, 7) is 0. The maximum atomic E-state index is 13.8. The summed E-state index contributed by atoms with van der Waals surface area (Å²) >= 11 is 0. The van der Waals surface area contributed by atoms with Crippen LogP contribution in [0.2, 0.25) is 0 Å². The number of hydrogen-bond donors (Lipinski definition) is 0. The van der Waals surface area contributed by atoms with Crippen LogP contribution >= 0.6 is 0 Å². The second-order valence-electron chi connectivity index (χ2n) is 6.18. The van der Waals surface area contributed by atoms with Crippen molar-refractivity contribution in [1.29, 1.82) is 5.26 Å². The number of fused-ring (bicyclic) bond motifs is 1. The van der Waals surface area contributed by atoms with Crippen LogP contribution in [0.3, 0.4) is 0 Å². The largest absolute Gasteiger partial charge is 0.236 e. The van der Waals surface area contributed by atoms with E-state index in [1.54, 1.807) is 24.3 Å². The van der Waals surface area contributed by atoms with Crippen LogP contribution in [0.4, 0.5) is 4.39 Å². The van der Waals surface area contributed by atoms with E-state index in [4.69, 9.17) is 5.26 Å². The van der Waals surface area contributed by atoms with Crippen molar-refractivity contribution >= 4 is 20.7 Å². The van der Waals surface area contributed by atoms with E-state index in [1.165, 1.54) is 42.5 Å². The van der Waals surface area contributed by atoms with Gasteiger partial charge < -0.3 is 0 Å². The number of nitriles is 1. The van der Waals surface area contributed by atoms with E-state index in [0.29, 0.717) is 16.6 Å². The zero-order valence-electron chi connectivity index (χ0n) is 14.5. The highest BCUT2D eigenvalue weighted by molar-refractivity contribution is 7.91. The second-order valence-corrected chi connectivity index (χ2v) is 8.08. The highest BCUT2D eigenvalue weighted by Crippen LogP contribution is 2.32. The maximum absolute atomic E-state index is 13.8. The predicted molar refractivity (Wildman–Crippen MR) is 104 cm³/mol. The first-order chi connectivity index (χ1) is 13.5. The molecular weight excluding hydrogens is 375 g/mol. The summed E-state index contributed by atoms with van der Waals surface area (Å²) in [5.41, 5.74) is 1.85. The van der Waals surface area contributed by atoms with Gasteiger partial charge in [0.05, 0.1) is 22.0 Å². The molecule has 0 saturated heterocycles. The third-order valence-corrected chi connectivity index (χ3v) is 6.01. The van der Waals surface area contributed by atoms with E-state index in [9.17, 15) is 12.8 Å². The van der Waals surface area contributed by atoms with E-state index >= 15 is 0 Å². The number of benzene rings is 3. The maximum Gasteiger partial charge on any atom is 0.223 e. The van der Waals surface area contributed by atoms with Gasteiger partial charge in [-0.25, -0.2) is 17.8 Å². The van der Waals surface area contributed by atoms with Crippen LogP contribution in [0, 0.1) is 17.1 Å². The lowest BCUT2D eigenvalue weighted by Crippen LogP contribution is -2.06. The Balaban J connectivity index is 1.99. The third-order valence-electron chi connectivity index (χ3n) is 4.38. The summed E-state index contributed by atoms with van der Waals surface area (Å²) in [5, 5.41) is 9.63. The SMILES string of the molecule is N#Cc1cccc(S(=O)(=O)c2cc(-c3cccc(F)c3)c3ccccc3n2)c1. The lowest BCUT2D eigenvalue weighted by Gasteiger charge is -2.11. The Hall–Kier alpha value is -3.56. The van der Waals surface area contributed by atoms with Crippen LogP contribution in [0.15, 0.2) is 88.8 Å². The van der Waals surface area contributed by atoms with Crippen molar-refractivity contribution in [3.05, 3.63) is 90.2 Å². The van der Waals surface area contributed by atoms with Crippen molar-refractivity contribution in [3.8, 4) is 17.2 Å². The molecule has 0 fully saturated rings. The zero-order valence-corrected chi connectivity index (χ0v) is 15.3. The van der Waals surface area contributed by atoms with E-state index < -0.39 is 15.7 Å². The second kappa shape index (κ2) is 6.87. The van der Waals surface area contributed by atoms with Crippen molar-refractivity contribution in [3.63, 3.8) is 0 Å². The predicted octanol–water partition coefficient (Wildman–Crippen LogP) is 4.75. The summed E-state index contributed by atoms with van der Waals surface area (Å²) in [6, 6.07) is 22.3. The van der Waals surface area contributed by atoms with Crippen molar-refractivity contribution in [2.45, 2.75) is 9.92 Å². The molecule has 0 atom stereocenters. The number of nitrogens with zero attached hydrogens (tertiary/aromatic N) is 2. The fraction of sp³-hybridized carbons (Fsp3) is 0. The molecule has 0 bridgehead atoms. The number of aromatic nitrogens is 1. The zero-order chi connectivity index (χ0) is 19.7. The summed E-state index contributed by atoms with van der Waals surface area (Å²) in [5.74, 6) is -0.412. The molecule has 0 spiro atoms. The Morgan fingerprint density at radius 2 is 1.68 bits per heavy atom. The van der Waals surface area contributed by atoms with Gasteiger partial charge in [-0.2, -0.15) is 5.26 Å². The van der Waals surface area contributed by atoms with Gasteiger partial charge in [-0.3, -0.25) is 0 Å². The molecule has 0 N–H and O–H groups in total. The summed E-state index contributed by atoms with van der Waals surface area (Å²) in [7, 11) is -3.96. The molecule has 3 aromatic carbocycles. The minimum atomic E-state index is -3.96. The van der Waals surface area contributed by atoms with Gasteiger partial charge in [0, 0.05) is 5.39 Å². The molecule has 0 unspecified atom stereocenters. The quantitative estimate of drug-likeness (QED) is 0.508. The van der Waals surface area contributed by atoms with Crippen molar-refractivity contribution in [1.82, 2.24) is 4.98 Å². The average Bonchev–Trinajstić information content (AvgIpc) is 2.73. The molecule has 0 radical (unpaired) electrons. The van der Waals surface area contributed by atoms with Gasteiger partial charge in [0.2, 0.25) is 9.84 Å². The van der Waals surface area contributed by atoms with E-state index in [2.05, 4.69) is 4.98 Å². The minimum absolute atomic E-state index is 0.0143. The molecule has 0 aliphatic heterocycles. The fourth-order valence-corrected chi connectivity index (χ4v) is 4.31. The molecular formula is C22H13FN2O2S. The number of halogens is 1. The Kier molecular flexibility index (Phi) is 4.38. The normalized spacial score (nSPS) is 11.3. The van der Waals surface area contributed by atoms with Gasteiger partial charge in [0.25, 0.3) is 0 Å². The molecule has 0 aliphatic carbocycles. The molecule has 6 heteroatoms. The number of para-hydroxylation sites is 1. The van der Waals surface area contributed by atoms with Crippen LogP contribution in [0.25, 0.3) is 22.0 Å². The topological polar surface area (TPSA) is 70.8 Å². The summed E-state index contributed by atoms with van der Waals surface area (Å²) < 4.78 is 40.1. The first-order valence-corrected chi connectivity index (χ1v) is 9.88. The molecule has 0 aliphatic rings. The first-order valence-electron chi connectivity index (χ1n) is 8.40. The Labute approximate surface area is 161 Å². The van der Waals surface area contributed by atoms with Crippen LogP contribution in [-0.4, -0.2) is 13.4 Å². The van der Waals surface area contributed by atoms with Crippen molar-refractivity contribution in [2.24, 2.45) is 0 Å². The fourth-order valence-electron chi connectivity index (χ4n) is 3.04. The summed E-state index contributed by atoms with van der Waals surface area (Å²) in [4.78, 5) is 4.31. The van der Waals surface area contributed by atoms with Gasteiger partial charge in [-0.05, 0) is 53.6 Å². The standard InChI is InChI=1S/C22H13FN2O2S/c23-17-7-4-6-16(12-17)20-13-22(25-21-10-2-1-9-19(20)21)28(26,27)18-8-3-5-15(11-18)14-24/h1-13H. The van der Waals surface area contributed by atoms with E-state index in [-0.39, 0.29) is 15.5 Å². The molecule has 4 aromatic rings. The number of pyridine rings is 1. The number of rotatable bonds is 3. The third kappa shape index (κ3) is 3.13.